The number of nitrogens with zero attached hydrogens (tertiary/aromatic N) is 2. The summed E-state index contributed by atoms with van der Waals surface area (Å²) < 4.78 is 15.3. The van der Waals surface area contributed by atoms with Crippen LogP contribution in [0.15, 0.2) is 24.7 Å². The third-order valence-corrected chi connectivity index (χ3v) is 3.15. The third-order valence-electron chi connectivity index (χ3n) is 3.15. The fraction of sp³-hybridized carbons (Fsp3) is 0.333. The monoisotopic (exact) mass is 276 g/mol. The zero-order chi connectivity index (χ0) is 15.1. The Hall–Kier alpha value is -2.17. The highest BCUT2D eigenvalue weighted by Crippen LogP contribution is 2.24. The van der Waals surface area contributed by atoms with Gasteiger partial charge in [0, 0.05) is 11.6 Å². The summed E-state index contributed by atoms with van der Waals surface area (Å²) >= 11 is 0. The molecule has 0 unspecified atom stereocenters. The van der Waals surface area contributed by atoms with Crippen LogP contribution in [0.25, 0.3) is 5.69 Å². The number of carboxylic acid groups (broad SMARTS) is 1. The second-order valence-electron chi connectivity index (χ2n) is 5.84. The number of carbonyl (C=O) groups is 1. The topological polar surface area (TPSA) is 55.1 Å². The smallest absolute Gasteiger partial charge is 0.338 e. The molecule has 0 aliphatic rings. The van der Waals surface area contributed by atoms with Crippen LogP contribution in [-0.2, 0) is 5.41 Å². The van der Waals surface area contributed by atoms with Gasteiger partial charge in [0.15, 0.2) is 0 Å². The molecule has 2 aromatic rings. The van der Waals surface area contributed by atoms with Crippen molar-refractivity contribution in [3.63, 3.8) is 0 Å². The number of benzene rings is 1. The lowest BCUT2D eigenvalue weighted by Crippen LogP contribution is -2.11. The lowest BCUT2D eigenvalue weighted by atomic mass is 9.93. The average Bonchev–Trinajstić information content (AvgIpc) is 2.77. The Labute approximate surface area is 116 Å². The predicted octanol–water partition coefficient (Wildman–Crippen LogP) is 3.32. The Morgan fingerprint density at radius 2 is 2.00 bits per heavy atom. The van der Waals surface area contributed by atoms with Crippen LogP contribution in [0.3, 0.4) is 0 Å². The first-order valence-electron chi connectivity index (χ1n) is 6.28. The number of aryl methyl sites for hydroxylation is 1. The Kier molecular flexibility index (Phi) is 3.38. The Bertz CT molecular complexity index is 669. The minimum Gasteiger partial charge on any atom is -0.478 e. The van der Waals surface area contributed by atoms with E-state index >= 15 is 0 Å². The molecule has 106 valence electrons. The predicted molar refractivity (Wildman–Crippen MR) is 73.9 cm³/mol. The second-order valence-corrected chi connectivity index (χ2v) is 5.84. The molecule has 0 atom stereocenters. The number of hydrogen-bond donors (Lipinski definition) is 1. The van der Waals surface area contributed by atoms with Crippen LogP contribution in [0.2, 0.25) is 0 Å². The highest BCUT2D eigenvalue weighted by atomic mass is 19.1. The van der Waals surface area contributed by atoms with E-state index in [-0.39, 0.29) is 11.0 Å². The summed E-state index contributed by atoms with van der Waals surface area (Å²) in [6.07, 6.45) is 3.46. The van der Waals surface area contributed by atoms with Gasteiger partial charge in [-0.3, -0.25) is 0 Å². The van der Waals surface area contributed by atoms with E-state index in [2.05, 4.69) is 4.98 Å². The molecule has 0 bridgehead atoms. The molecule has 0 saturated carbocycles. The molecule has 0 saturated heterocycles. The van der Waals surface area contributed by atoms with Gasteiger partial charge in [0.1, 0.15) is 5.82 Å². The maximum absolute atomic E-state index is 13.6. The number of imidazole rings is 1. The highest BCUT2D eigenvalue weighted by molar-refractivity contribution is 5.88. The van der Waals surface area contributed by atoms with Gasteiger partial charge < -0.3 is 9.67 Å². The summed E-state index contributed by atoms with van der Waals surface area (Å²) in [5, 5.41) is 9.00. The Balaban J connectivity index is 2.55. The van der Waals surface area contributed by atoms with Gasteiger partial charge in [-0.25, -0.2) is 14.2 Å². The van der Waals surface area contributed by atoms with Crippen LogP contribution < -0.4 is 0 Å². The van der Waals surface area contributed by atoms with Gasteiger partial charge in [-0.1, -0.05) is 20.8 Å². The van der Waals surface area contributed by atoms with E-state index in [4.69, 9.17) is 5.11 Å². The van der Waals surface area contributed by atoms with Crippen LogP contribution in [0.5, 0.6) is 0 Å². The summed E-state index contributed by atoms with van der Waals surface area (Å²) in [6.45, 7) is 7.86. The molecule has 2 rings (SSSR count). The van der Waals surface area contributed by atoms with E-state index in [1.807, 2.05) is 27.0 Å². The third kappa shape index (κ3) is 2.57. The summed E-state index contributed by atoms with van der Waals surface area (Å²) in [7, 11) is 0. The van der Waals surface area contributed by atoms with E-state index in [0.29, 0.717) is 11.3 Å². The van der Waals surface area contributed by atoms with E-state index in [1.54, 1.807) is 17.8 Å². The molecule has 0 aliphatic heterocycles. The fourth-order valence-corrected chi connectivity index (χ4v) is 1.95. The van der Waals surface area contributed by atoms with Crippen LogP contribution in [0.1, 0.15) is 42.4 Å². The van der Waals surface area contributed by atoms with Crippen molar-refractivity contribution < 1.29 is 14.3 Å². The number of aromatic nitrogens is 2. The summed E-state index contributed by atoms with van der Waals surface area (Å²) in [5.41, 5.74) is 1.72. The summed E-state index contributed by atoms with van der Waals surface area (Å²) in [5.74, 6) is -2.00. The number of aromatic carboxylic acids is 1. The molecule has 1 aromatic heterocycles. The van der Waals surface area contributed by atoms with Gasteiger partial charge in [0.25, 0.3) is 0 Å². The van der Waals surface area contributed by atoms with Crippen molar-refractivity contribution in [3.05, 3.63) is 47.3 Å². The molecule has 4 nitrogen and oxygen atoms in total. The van der Waals surface area contributed by atoms with E-state index < -0.39 is 11.8 Å². The minimum atomic E-state index is -1.28. The molecule has 1 aromatic carbocycles. The van der Waals surface area contributed by atoms with E-state index in [1.165, 1.54) is 12.1 Å². The quantitative estimate of drug-likeness (QED) is 0.915. The lowest BCUT2D eigenvalue weighted by Gasteiger charge is -2.14. The van der Waals surface area contributed by atoms with Crippen molar-refractivity contribution in [1.29, 1.82) is 0 Å². The minimum absolute atomic E-state index is 0.102. The first kappa shape index (κ1) is 14.2. The van der Waals surface area contributed by atoms with Crippen LogP contribution in [0, 0.1) is 12.7 Å². The molecular formula is C15H17FN2O2. The number of halogens is 1. The number of carboxylic acids is 1. The lowest BCUT2D eigenvalue weighted by molar-refractivity contribution is 0.0692. The molecule has 1 heterocycles. The first-order chi connectivity index (χ1) is 9.20. The van der Waals surface area contributed by atoms with Crippen molar-refractivity contribution in [1.82, 2.24) is 9.55 Å². The van der Waals surface area contributed by atoms with Gasteiger partial charge >= 0.3 is 5.97 Å². The van der Waals surface area contributed by atoms with Crippen molar-refractivity contribution in [2.75, 3.05) is 0 Å². The average molecular weight is 276 g/mol. The van der Waals surface area contributed by atoms with Gasteiger partial charge in [0.05, 0.1) is 23.3 Å². The van der Waals surface area contributed by atoms with Crippen molar-refractivity contribution in [3.8, 4) is 5.69 Å². The van der Waals surface area contributed by atoms with Gasteiger partial charge in [0.2, 0.25) is 0 Å². The van der Waals surface area contributed by atoms with Crippen LogP contribution in [0.4, 0.5) is 4.39 Å². The Morgan fingerprint density at radius 3 is 2.50 bits per heavy atom. The Morgan fingerprint density at radius 1 is 1.35 bits per heavy atom. The summed E-state index contributed by atoms with van der Waals surface area (Å²) in [4.78, 5) is 15.3. The SMILES string of the molecule is Cc1cc(F)c(C(=O)O)cc1-n1cnc(C(C)(C)C)c1. The van der Waals surface area contributed by atoms with E-state index in [0.717, 1.165) is 5.69 Å². The molecule has 0 fully saturated rings. The van der Waals surface area contributed by atoms with Gasteiger partial charge in [-0.15, -0.1) is 0 Å². The zero-order valence-corrected chi connectivity index (χ0v) is 11.9. The standard InChI is InChI=1S/C15H17FN2O2/c1-9-5-11(16)10(14(19)20)6-12(9)18-7-13(17-8-18)15(2,3)4/h5-8H,1-4H3,(H,19,20). The van der Waals surface area contributed by atoms with E-state index in [9.17, 15) is 9.18 Å². The molecule has 0 amide bonds. The normalized spacial score (nSPS) is 11.7. The van der Waals surface area contributed by atoms with Gasteiger partial charge in [-0.2, -0.15) is 0 Å². The zero-order valence-electron chi connectivity index (χ0n) is 11.9. The van der Waals surface area contributed by atoms with Gasteiger partial charge in [-0.05, 0) is 24.6 Å². The largest absolute Gasteiger partial charge is 0.478 e. The van der Waals surface area contributed by atoms with Crippen molar-refractivity contribution in [2.24, 2.45) is 0 Å². The molecule has 0 spiro atoms. The molecule has 1 N–H and O–H groups in total. The molecule has 0 aliphatic carbocycles. The van der Waals surface area contributed by atoms with Crippen molar-refractivity contribution in [2.45, 2.75) is 33.1 Å². The highest BCUT2D eigenvalue weighted by Gasteiger charge is 2.19. The molecule has 5 heteroatoms. The summed E-state index contributed by atoms with van der Waals surface area (Å²) in [6, 6.07) is 2.57. The maximum Gasteiger partial charge on any atom is 0.338 e. The number of hydrogen-bond acceptors (Lipinski definition) is 2. The fourth-order valence-electron chi connectivity index (χ4n) is 1.95. The first-order valence-corrected chi connectivity index (χ1v) is 6.28. The second kappa shape index (κ2) is 4.74. The number of rotatable bonds is 2. The molecular weight excluding hydrogens is 259 g/mol. The molecule has 0 radical (unpaired) electrons. The van der Waals surface area contributed by atoms with Crippen LogP contribution >= 0.6 is 0 Å². The maximum atomic E-state index is 13.6. The van der Waals surface area contributed by atoms with Crippen molar-refractivity contribution >= 4 is 5.97 Å². The molecule has 20 heavy (non-hydrogen) atoms. The van der Waals surface area contributed by atoms with Crippen LogP contribution in [-0.4, -0.2) is 20.6 Å².